The van der Waals surface area contributed by atoms with Crippen LogP contribution in [0.25, 0.3) is 0 Å². The molecule has 6 heteroatoms. The van der Waals surface area contributed by atoms with Crippen LogP contribution in [0.15, 0.2) is 53.5 Å². The summed E-state index contributed by atoms with van der Waals surface area (Å²) in [4.78, 5) is 9.93. The molecule has 5 nitrogen and oxygen atoms in total. The molecule has 0 atom stereocenters. The lowest BCUT2D eigenvalue weighted by molar-refractivity contribution is 0.161. The second-order valence-electron chi connectivity index (χ2n) is 8.20. The topological polar surface area (TPSA) is 37.3 Å². The van der Waals surface area contributed by atoms with Crippen molar-refractivity contribution in [2.24, 2.45) is 4.99 Å². The fraction of sp³-hybridized carbons (Fsp3) is 0.480. The molecule has 1 saturated heterocycles. The third-order valence-electron chi connectivity index (χ3n) is 6.17. The van der Waals surface area contributed by atoms with Gasteiger partial charge in [-0.15, -0.1) is 0 Å². The number of rotatable bonds is 8. The number of hydrogen-bond donors (Lipinski definition) is 0. The van der Waals surface area contributed by atoms with Crippen molar-refractivity contribution in [1.82, 2.24) is 9.80 Å². The largest absolute Gasteiger partial charge is 0.493 e. The first kappa shape index (κ1) is 22.0. The second-order valence-corrected chi connectivity index (χ2v) is 9.14. The minimum atomic E-state index is 0.585. The average molecular weight is 440 g/mol. The maximum atomic E-state index is 5.89. The first-order valence-corrected chi connectivity index (χ1v) is 12.2. The molecule has 0 aliphatic carbocycles. The van der Waals surface area contributed by atoms with Gasteiger partial charge in [0, 0.05) is 31.9 Å². The number of amidine groups is 1. The van der Waals surface area contributed by atoms with Gasteiger partial charge >= 0.3 is 0 Å². The molecule has 2 aliphatic heterocycles. The van der Waals surface area contributed by atoms with Crippen molar-refractivity contribution in [1.29, 1.82) is 0 Å². The highest BCUT2D eigenvalue weighted by Crippen LogP contribution is 2.33. The van der Waals surface area contributed by atoms with Crippen molar-refractivity contribution < 1.29 is 9.47 Å². The Bertz CT molecular complexity index is 881. The van der Waals surface area contributed by atoms with Gasteiger partial charge in [-0.1, -0.05) is 42.1 Å². The van der Waals surface area contributed by atoms with Crippen LogP contribution in [0.3, 0.4) is 0 Å². The monoisotopic (exact) mass is 439 g/mol. The van der Waals surface area contributed by atoms with Gasteiger partial charge in [-0.3, -0.25) is 0 Å². The maximum absolute atomic E-state index is 5.89. The molecular weight excluding hydrogens is 406 g/mol. The zero-order chi connectivity index (χ0) is 21.5. The predicted octanol–water partition coefficient (Wildman–Crippen LogP) is 5.18. The number of thioether (sulfide) groups is 1. The van der Waals surface area contributed by atoms with E-state index < -0.39 is 0 Å². The first-order chi connectivity index (χ1) is 15.2. The number of hydrogen-bond acceptors (Lipinski definition) is 6. The number of fused-ring (bicyclic) bond motifs is 1. The first-order valence-electron chi connectivity index (χ1n) is 11.2. The van der Waals surface area contributed by atoms with Gasteiger partial charge in [-0.05, 0) is 56.0 Å². The summed E-state index contributed by atoms with van der Waals surface area (Å²) in [5.41, 5.74) is 2.48. The maximum Gasteiger partial charge on any atom is 0.164 e. The lowest BCUT2D eigenvalue weighted by Gasteiger charge is -2.38. The molecule has 2 aromatic rings. The van der Waals surface area contributed by atoms with Crippen molar-refractivity contribution >= 4 is 22.6 Å². The fourth-order valence-corrected chi connectivity index (χ4v) is 5.29. The van der Waals surface area contributed by atoms with Crippen LogP contribution < -0.4 is 9.47 Å². The molecule has 0 unspecified atom stereocenters. The van der Waals surface area contributed by atoms with Gasteiger partial charge in [-0.25, -0.2) is 4.99 Å². The minimum Gasteiger partial charge on any atom is -0.493 e. The lowest BCUT2D eigenvalue weighted by Crippen LogP contribution is -2.45. The van der Waals surface area contributed by atoms with Crippen molar-refractivity contribution in [3.63, 3.8) is 0 Å². The number of likely N-dealkylation sites (tertiary alicyclic amines) is 1. The van der Waals surface area contributed by atoms with Crippen molar-refractivity contribution in [3.8, 4) is 11.5 Å². The molecule has 0 bridgehead atoms. The van der Waals surface area contributed by atoms with E-state index in [4.69, 9.17) is 14.5 Å². The Balaban J connectivity index is 1.16. The summed E-state index contributed by atoms with van der Waals surface area (Å²) in [6.45, 7) is 4.21. The third kappa shape index (κ3) is 5.74. The highest BCUT2D eigenvalue weighted by Gasteiger charge is 2.26. The Labute approximate surface area is 190 Å². The van der Waals surface area contributed by atoms with E-state index in [1.165, 1.54) is 23.6 Å². The van der Waals surface area contributed by atoms with E-state index in [9.17, 15) is 0 Å². The van der Waals surface area contributed by atoms with Crippen LogP contribution in [0.1, 0.15) is 31.2 Å². The minimum absolute atomic E-state index is 0.585. The summed E-state index contributed by atoms with van der Waals surface area (Å²) in [7, 11) is 3.90. The van der Waals surface area contributed by atoms with Crippen molar-refractivity contribution in [2.75, 3.05) is 40.4 Å². The molecule has 0 N–H and O–H groups in total. The smallest absolute Gasteiger partial charge is 0.164 e. The van der Waals surface area contributed by atoms with E-state index in [0.717, 1.165) is 62.0 Å². The highest BCUT2D eigenvalue weighted by atomic mass is 32.2. The van der Waals surface area contributed by atoms with Gasteiger partial charge in [0.25, 0.3) is 0 Å². The van der Waals surface area contributed by atoms with Crippen molar-refractivity contribution in [2.45, 2.75) is 37.5 Å². The van der Waals surface area contributed by atoms with E-state index in [1.54, 1.807) is 7.11 Å². The number of unbranched alkanes of at least 4 members (excludes halogenated alkanes) is 1. The van der Waals surface area contributed by atoms with Gasteiger partial charge < -0.3 is 19.3 Å². The summed E-state index contributed by atoms with van der Waals surface area (Å²) in [6.07, 6.45) is 4.63. The quantitative estimate of drug-likeness (QED) is 0.530. The fourth-order valence-electron chi connectivity index (χ4n) is 4.24. The molecule has 1 fully saturated rings. The van der Waals surface area contributed by atoms with E-state index in [0.29, 0.717) is 6.04 Å². The highest BCUT2D eigenvalue weighted by molar-refractivity contribution is 8.13. The summed E-state index contributed by atoms with van der Waals surface area (Å²) < 4.78 is 11.2. The van der Waals surface area contributed by atoms with Gasteiger partial charge in [0.05, 0.1) is 19.4 Å². The van der Waals surface area contributed by atoms with Gasteiger partial charge in [0.15, 0.2) is 16.7 Å². The number of benzene rings is 2. The molecule has 0 radical (unpaired) electrons. The molecule has 0 aromatic heterocycles. The van der Waals surface area contributed by atoms with E-state index in [-0.39, 0.29) is 0 Å². The van der Waals surface area contributed by atoms with Crippen LogP contribution >= 0.6 is 11.8 Å². The standard InChI is InChI=1S/C25H33N3O2S/c1-27(25-26-22-10-4-3-9-20(22)19-31-25)21-13-16-28(17-14-21)15-7-8-18-30-24-12-6-5-11-23(24)29-2/h3-6,9-12,21H,7-8,13-19H2,1-2H3. The van der Waals surface area contributed by atoms with E-state index >= 15 is 0 Å². The molecule has 0 spiro atoms. The molecule has 2 aliphatic rings. The van der Waals surface area contributed by atoms with Crippen molar-refractivity contribution in [3.05, 3.63) is 54.1 Å². The number of methoxy groups -OCH3 is 1. The number of piperidine rings is 1. The summed E-state index contributed by atoms with van der Waals surface area (Å²) in [5.74, 6) is 2.66. The number of ether oxygens (including phenoxy) is 2. The Morgan fingerprint density at radius 3 is 2.58 bits per heavy atom. The van der Waals surface area contributed by atoms with E-state index in [1.807, 2.05) is 36.0 Å². The van der Waals surface area contributed by atoms with Crippen LogP contribution in [-0.2, 0) is 5.75 Å². The Kier molecular flexibility index (Phi) is 7.76. The van der Waals surface area contributed by atoms with Crippen LogP contribution in [0.2, 0.25) is 0 Å². The van der Waals surface area contributed by atoms with Crippen LogP contribution in [0, 0.1) is 0 Å². The van der Waals surface area contributed by atoms with Crippen LogP contribution in [-0.4, -0.2) is 61.4 Å². The molecule has 2 aromatic carbocycles. The molecular formula is C25H33N3O2S. The molecule has 31 heavy (non-hydrogen) atoms. The molecule has 2 heterocycles. The Hall–Kier alpha value is -2.18. The molecule has 166 valence electrons. The summed E-state index contributed by atoms with van der Waals surface area (Å²) >= 11 is 1.87. The van der Waals surface area contributed by atoms with Gasteiger partial charge in [-0.2, -0.15) is 0 Å². The zero-order valence-corrected chi connectivity index (χ0v) is 19.4. The average Bonchev–Trinajstić information content (AvgIpc) is 2.83. The number of aliphatic imine (C=N–C) groups is 1. The third-order valence-corrected chi connectivity index (χ3v) is 7.26. The van der Waals surface area contributed by atoms with Gasteiger partial charge in [0.2, 0.25) is 0 Å². The normalized spacial score (nSPS) is 17.0. The molecule has 0 amide bonds. The number of nitrogens with zero attached hydrogens (tertiary/aromatic N) is 3. The summed E-state index contributed by atoms with van der Waals surface area (Å²) in [5, 5.41) is 1.17. The van der Waals surface area contributed by atoms with Crippen LogP contribution in [0.4, 0.5) is 5.69 Å². The van der Waals surface area contributed by atoms with E-state index in [2.05, 4.69) is 41.1 Å². The Morgan fingerprint density at radius 2 is 1.77 bits per heavy atom. The SMILES string of the molecule is COc1ccccc1OCCCCN1CCC(N(C)C2=Nc3ccccc3CS2)CC1. The number of para-hydroxylation sites is 3. The Morgan fingerprint density at radius 1 is 1.03 bits per heavy atom. The molecule has 0 saturated carbocycles. The zero-order valence-electron chi connectivity index (χ0n) is 18.6. The summed E-state index contributed by atoms with van der Waals surface area (Å²) in [6, 6.07) is 16.9. The van der Waals surface area contributed by atoms with Crippen LogP contribution in [0.5, 0.6) is 11.5 Å². The molecule has 4 rings (SSSR count). The predicted molar refractivity (Wildman–Crippen MR) is 130 cm³/mol. The lowest BCUT2D eigenvalue weighted by atomic mass is 10.0. The van der Waals surface area contributed by atoms with Gasteiger partial charge in [0.1, 0.15) is 0 Å². The second kappa shape index (κ2) is 10.9.